The maximum Gasteiger partial charge on any atom is 0.273 e. The first-order chi connectivity index (χ1) is 8.71. The Labute approximate surface area is 112 Å². The second-order valence-corrected chi connectivity index (χ2v) is 6.03. The number of nitrogens with zero attached hydrogens (tertiary/aromatic N) is 3. The highest BCUT2D eigenvalue weighted by molar-refractivity contribution is 5.92. The van der Waals surface area contributed by atoms with Crippen molar-refractivity contribution in [2.45, 2.75) is 44.9 Å². The fourth-order valence-corrected chi connectivity index (χ4v) is 1.52. The molecule has 1 amide bonds. The molecule has 0 aromatic carbocycles. The molecule has 1 aromatic heterocycles. The lowest BCUT2D eigenvalue weighted by atomic mass is 9.86. The van der Waals surface area contributed by atoms with E-state index in [1.54, 1.807) is 38.6 Å². The van der Waals surface area contributed by atoms with Crippen molar-refractivity contribution in [3.05, 3.63) is 11.9 Å². The summed E-state index contributed by atoms with van der Waals surface area (Å²) in [4.78, 5) is 12.1. The first-order valence-electron chi connectivity index (χ1n) is 6.38. The van der Waals surface area contributed by atoms with Crippen LogP contribution in [0.3, 0.4) is 0 Å². The van der Waals surface area contributed by atoms with Gasteiger partial charge >= 0.3 is 0 Å². The number of carbonyl (C=O) groups excluding carboxylic acids is 1. The third-order valence-electron chi connectivity index (χ3n) is 3.83. The normalized spacial score (nSPS) is 17.1. The zero-order valence-corrected chi connectivity index (χ0v) is 11.8. The third-order valence-corrected chi connectivity index (χ3v) is 3.83. The van der Waals surface area contributed by atoms with Crippen LogP contribution >= 0.6 is 0 Å². The van der Waals surface area contributed by atoms with Crippen molar-refractivity contribution < 1.29 is 9.90 Å². The summed E-state index contributed by atoms with van der Waals surface area (Å²) in [7, 11) is 0. The quantitative estimate of drug-likeness (QED) is 0.696. The number of hydrogen-bond donors (Lipinski definition) is 3. The maximum absolute atomic E-state index is 12.1. The third kappa shape index (κ3) is 2.76. The molecule has 1 fully saturated rings. The molecule has 1 aliphatic rings. The molecule has 0 saturated carbocycles. The summed E-state index contributed by atoms with van der Waals surface area (Å²) < 4.78 is 1.70. The van der Waals surface area contributed by atoms with Gasteiger partial charge in [-0.25, -0.2) is 4.68 Å². The Balaban J connectivity index is 2.05. The van der Waals surface area contributed by atoms with E-state index in [1.165, 1.54) is 0 Å². The van der Waals surface area contributed by atoms with Gasteiger partial charge in [0.05, 0.1) is 23.4 Å². The van der Waals surface area contributed by atoms with Gasteiger partial charge in [0.2, 0.25) is 0 Å². The van der Waals surface area contributed by atoms with Gasteiger partial charge in [-0.05, 0) is 27.7 Å². The van der Waals surface area contributed by atoms with E-state index in [1.807, 2.05) is 0 Å². The van der Waals surface area contributed by atoms with Crippen LogP contribution in [0.5, 0.6) is 0 Å². The minimum Gasteiger partial charge on any atom is -0.388 e. The summed E-state index contributed by atoms with van der Waals surface area (Å²) >= 11 is 0. The highest BCUT2D eigenvalue weighted by Gasteiger charge is 2.37. The first-order valence-corrected chi connectivity index (χ1v) is 6.38. The molecule has 0 atom stereocenters. The summed E-state index contributed by atoms with van der Waals surface area (Å²) in [6, 6.07) is 0.274. The minimum absolute atomic E-state index is 0.268. The molecule has 2 rings (SSSR count). The van der Waals surface area contributed by atoms with Gasteiger partial charge in [-0.2, -0.15) is 0 Å². The van der Waals surface area contributed by atoms with E-state index in [0.29, 0.717) is 0 Å². The maximum atomic E-state index is 12.1. The molecule has 0 radical (unpaired) electrons. The first kappa shape index (κ1) is 14.0. The van der Waals surface area contributed by atoms with Crippen molar-refractivity contribution in [2.24, 2.45) is 0 Å². The number of rotatable bonds is 4. The Morgan fingerprint density at radius 3 is 2.58 bits per heavy atom. The lowest BCUT2D eigenvalue weighted by Gasteiger charge is -2.37. The van der Waals surface area contributed by atoms with Gasteiger partial charge in [-0.3, -0.25) is 4.79 Å². The summed E-state index contributed by atoms with van der Waals surface area (Å²) in [5.41, 5.74) is -1.52. The Morgan fingerprint density at radius 1 is 1.47 bits per heavy atom. The smallest absolute Gasteiger partial charge is 0.273 e. The molecule has 0 bridgehead atoms. The zero-order chi connectivity index (χ0) is 14.3. The van der Waals surface area contributed by atoms with Crippen molar-refractivity contribution in [1.82, 2.24) is 25.6 Å². The van der Waals surface area contributed by atoms with Crippen LogP contribution in [0.4, 0.5) is 0 Å². The van der Waals surface area contributed by atoms with Crippen LogP contribution < -0.4 is 10.6 Å². The van der Waals surface area contributed by atoms with Crippen LogP contribution in [0, 0.1) is 0 Å². The minimum atomic E-state index is -1.03. The molecular formula is C12H21N5O2. The summed E-state index contributed by atoms with van der Waals surface area (Å²) in [6.07, 6.45) is 1.64. The standard InChI is InChI=1S/C12H21N5O2/c1-11(2,12(3,4)19)14-10(18)9-7-17(16-15-9)8-5-13-6-8/h7-8,13,19H,5-6H2,1-4H3,(H,14,18). The van der Waals surface area contributed by atoms with Crippen molar-refractivity contribution in [3.8, 4) is 0 Å². The lowest BCUT2D eigenvalue weighted by Crippen LogP contribution is -2.57. The molecule has 0 unspecified atom stereocenters. The van der Waals surface area contributed by atoms with E-state index in [-0.39, 0.29) is 17.6 Å². The monoisotopic (exact) mass is 267 g/mol. The van der Waals surface area contributed by atoms with Gasteiger partial charge in [-0.1, -0.05) is 5.21 Å². The fraction of sp³-hybridized carbons (Fsp3) is 0.750. The van der Waals surface area contributed by atoms with Crippen LogP contribution in [-0.4, -0.2) is 50.2 Å². The molecule has 106 valence electrons. The Bertz CT molecular complexity index is 471. The molecule has 19 heavy (non-hydrogen) atoms. The van der Waals surface area contributed by atoms with Gasteiger partial charge in [-0.15, -0.1) is 5.10 Å². The average molecular weight is 267 g/mol. The van der Waals surface area contributed by atoms with Gasteiger partial charge < -0.3 is 15.7 Å². The second kappa shape index (κ2) is 4.57. The van der Waals surface area contributed by atoms with E-state index < -0.39 is 11.1 Å². The summed E-state index contributed by atoms with van der Waals surface area (Å²) in [5, 5.41) is 23.8. The van der Waals surface area contributed by atoms with E-state index in [9.17, 15) is 9.90 Å². The Kier molecular flexibility index (Phi) is 3.36. The number of aliphatic hydroxyl groups is 1. The summed E-state index contributed by atoms with van der Waals surface area (Å²) in [6.45, 7) is 8.55. The largest absolute Gasteiger partial charge is 0.388 e. The molecule has 7 nitrogen and oxygen atoms in total. The molecule has 1 saturated heterocycles. The SMILES string of the molecule is CC(C)(O)C(C)(C)NC(=O)c1cn(C2CNC2)nn1. The van der Waals surface area contributed by atoms with Crippen molar-refractivity contribution in [2.75, 3.05) is 13.1 Å². The fourth-order valence-electron chi connectivity index (χ4n) is 1.52. The van der Waals surface area contributed by atoms with Crippen LogP contribution in [0.15, 0.2) is 6.20 Å². The molecule has 3 N–H and O–H groups in total. The van der Waals surface area contributed by atoms with Gasteiger partial charge in [0.15, 0.2) is 5.69 Å². The summed E-state index contributed by atoms with van der Waals surface area (Å²) in [5.74, 6) is -0.328. The molecule has 1 aliphatic heterocycles. The van der Waals surface area contributed by atoms with Crippen LogP contribution in [-0.2, 0) is 0 Å². The lowest BCUT2D eigenvalue weighted by molar-refractivity contribution is -0.00302. The molecule has 0 aliphatic carbocycles. The van der Waals surface area contributed by atoms with Gasteiger partial charge in [0.25, 0.3) is 5.91 Å². The van der Waals surface area contributed by atoms with Gasteiger partial charge in [0, 0.05) is 13.1 Å². The molecular weight excluding hydrogens is 246 g/mol. The van der Waals surface area contributed by atoms with E-state index in [2.05, 4.69) is 20.9 Å². The molecule has 2 heterocycles. The van der Waals surface area contributed by atoms with Crippen LogP contribution in [0.25, 0.3) is 0 Å². The van der Waals surface area contributed by atoms with Crippen LogP contribution in [0.2, 0.25) is 0 Å². The van der Waals surface area contributed by atoms with Crippen molar-refractivity contribution in [3.63, 3.8) is 0 Å². The topological polar surface area (TPSA) is 92.1 Å². The highest BCUT2D eigenvalue weighted by Crippen LogP contribution is 2.21. The Hall–Kier alpha value is -1.47. The number of nitrogens with one attached hydrogen (secondary N) is 2. The number of carbonyl (C=O) groups is 1. The van der Waals surface area contributed by atoms with Crippen molar-refractivity contribution >= 4 is 5.91 Å². The number of amides is 1. The molecule has 1 aromatic rings. The predicted molar refractivity (Wildman–Crippen MR) is 69.8 cm³/mol. The second-order valence-electron chi connectivity index (χ2n) is 6.03. The van der Waals surface area contributed by atoms with Crippen molar-refractivity contribution in [1.29, 1.82) is 0 Å². The predicted octanol–water partition coefficient (Wildman–Crippen LogP) is -0.298. The highest BCUT2D eigenvalue weighted by atomic mass is 16.3. The molecule has 7 heteroatoms. The molecule has 0 spiro atoms. The van der Waals surface area contributed by atoms with E-state index in [4.69, 9.17) is 0 Å². The zero-order valence-electron chi connectivity index (χ0n) is 11.8. The Morgan fingerprint density at radius 2 is 2.11 bits per heavy atom. The average Bonchev–Trinajstić information content (AvgIpc) is 2.61. The van der Waals surface area contributed by atoms with Gasteiger partial charge in [0.1, 0.15) is 0 Å². The van der Waals surface area contributed by atoms with Crippen LogP contribution in [0.1, 0.15) is 44.2 Å². The van der Waals surface area contributed by atoms with E-state index in [0.717, 1.165) is 13.1 Å². The van der Waals surface area contributed by atoms with E-state index >= 15 is 0 Å². The number of hydrogen-bond acceptors (Lipinski definition) is 5. The number of aromatic nitrogens is 3.